The molecule has 0 amide bonds. The van der Waals surface area contributed by atoms with E-state index in [0.717, 1.165) is 5.56 Å². The molecule has 0 aromatic heterocycles. The van der Waals surface area contributed by atoms with E-state index in [1.54, 1.807) is 13.8 Å². The lowest BCUT2D eigenvalue weighted by atomic mass is 9.96. The molecule has 1 atom stereocenters. The molecule has 0 N–H and O–H groups in total. The van der Waals surface area contributed by atoms with Crippen LogP contribution in [0.3, 0.4) is 0 Å². The first-order chi connectivity index (χ1) is 8.50. The van der Waals surface area contributed by atoms with Gasteiger partial charge in [0.2, 0.25) is 0 Å². The molecule has 1 aromatic rings. The van der Waals surface area contributed by atoms with Crippen LogP contribution in [0.25, 0.3) is 0 Å². The molecular formula is C15H20O3. The number of rotatable bonds is 6. The number of benzene rings is 1. The third kappa shape index (κ3) is 4.70. The Morgan fingerprint density at radius 3 is 2.28 bits per heavy atom. The van der Waals surface area contributed by atoms with Gasteiger partial charge in [-0.1, -0.05) is 30.3 Å². The lowest BCUT2D eigenvalue weighted by Gasteiger charge is -2.15. The number of Topliss-reactive ketones (excluding diaryl/α,β-unsaturated/α-hetero) is 1. The maximum Gasteiger partial charge on any atom is 0.316 e. The highest BCUT2D eigenvalue weighted by Crippen LogP contribution is 2.13. The van der Waals surface area contributed by atoms with Crippen molar-refractivity contribution in [3.05, 3.63) is 35.9 Å². The third-order valence-corrected chi connectivity index (χ3v) is 2.69. The normalized spacial score (nSPS) is 12.2. The number of hydrogen-bond acceptors (Lipinski definition) is 3. The Morgan fingerprint density at radius 2 is 1.78 bits per heavy atom. The Hall–Kier alpha value is -1.64. The van der Waals surface area contributed by atoms with E-state index < -0.39 is 11.9 Å². The molecule has 1 rings (SSSR count). The topological polar surface area (TPSA) is 43.4 Å². The van der Waals surface area contributed by atoms with E-state index >= 15 is 0 Å². The molecule has 3 heteroatoms. The van der Waals surface area contributed by atoms with Crippen molar-refractivity contribution in [1.82, 2.24) is 0 Å². The second kappa shape index (κ2) is 6.94. The summed E-state index contributed by atoms with van der Waals surface area (Å²) in [4.78, 5) is 23.3. The molecule has 0 heterocycles. The maximum atomic E-state index is 11.8. The Kier molecular flexibility index (Phi) is 5.56. The molecule has 0 aliphatic rings. The molecule has 0 saturated heterocycles. The van der Waals surface area contributed by atoms with Gasteiger partial charge in [-0.25, -0.2) is 0 Å². The summed E-state index contributed by atoms with van der Waals surface area (Å²) in [5.41, 5.74) is 1.13. The van der Waals surface area contributed by atoms with Crippen LogP contribution in [0, 0.1) is 5.92 Å². The molecule has 0 fully saturated rings. The van der Waals surface area contributed by atoms with Crippen LogP contribution in [0.4, 0.5) is 0 Å². The standard InChI is InChI=1S/C15H20O3/c1-11(2)18-15(17)14(12(3)16)10-9-13-7-5-4-6-8-13/h4-8,11,14H,9-10H2,1-3H3. The average molecular weight is 248 g/mol. The first kappa shape index (κ1) is 14.4. The van der Waals surface area contributed by atoms with Crippen molar-refractivity contribution in [3.63, 3.8) is 0 Å². The predicted octanol–water partition coefficient (Wildman–Crippen LogP) is 2.78. The first-order valence-corrected chi connectivity index (χ1v) is 6.25. The fourth-order valence-corrected chi connectivity index (χ4v) is 1.76. The van der Waals surface area contributed by atoms with E-state index in [4.69, 9.17) is 4.74 Å². The predicted molar refractivity (Wildman–Crippen MR) is 70.2 cm³/mol. The van der Waals surface area contributed by atoms with E-state index in [-0.39, 0.29) is 11.9 Å². The van der Waals surface area contributed by atoms with Crippen molar-refractivity contribution in [1.29, 1.82) is 0 Å². The van der Waals surface area contributed by atoms with Crippen molar-refractivity contribution in [2.45, 2.75) is 39.7 Å². The summed E-state index contributed by atoms with van der Waals surface area (Å²) in [6.45, 7) is 5.01. The second-order valence-electron chi connectivity index (χ2n) is 4.67. The van der Waals surface area contributed by atoms with Crippen molar-refractivity contribution in [2.75, 3.05) is 0 Å². The Labute approximate surface area is 108 Å². The maximum absolute atomic E-state index is 11.8. The van der Waals surface area contributed by atoms with Gasteiger partial charge < -0.3 is 4.74 Å². The van der Waals surface area contributed by atoms with Crippen LogP contribution in [0.1, 0.15) is 32.8 Å². The molecule has 1 unspecified atom stereocenters. The van der Waals surface area contributed by atoms with Crippen LogP contribution in [0.5, 0.6) is 0 Å². The number of carbonyl (C=O) groups excluding carboxylic acids is 2. The van der Waals surface area contributed by atoms with Crippen LogP contribution in [0.2, 0.25) is 0 Å². The quantitative estimate of drug-likeness (QED) is 0.574. The summed E-state index contributed by atoms with van der Waals surface area (Å²) in [5, 5.41) is 0. The van der Waals surface area contributed by atoms with Crippen LogP contribution >= 0.6 is 0 Å². The minimum atomic E-state index is -0.646. The molecule has 0 spiro atoms. The highest BCUT2D eigenvalue weighted by atomic mass is 16.5. The van der Waals surface area contributed by atoms with Gasteiger partial charge in [-0.3, -0.25) is 9.59 Å². The number of ketones is 1. The van der Waals surface area contributed by atoms with E-state index in [9.17, 15) is 9.59 Å². The highest BCUT2D eigenvalue weighted by molar-refractivity contribution is 5.97. The third-order valence-electron chi connectivity index (χ3n) is 2.69. The zero-order valence-corrected chi connectivity index (χ0v) is 11.2. The summed E-state index contributed by atoms with van der Waals surface area (Å²) < 4.78 is 5.10. The lowest BCUT2D eigenvalue weighted by molar-refractivity contribution is -0.155. The smallest absolute Gasteiger partial charge is 0.316 e. The van der Waals surface area contributed by atoms with Gasteiger partial charge in [0, 0.05) is 0 Å². The summed E-state index contributed by atoms with van der Waals surface area (Å²) in [5.74, 6) is -1.18. The molecule has 0 saturated carbocycles. The van der Waals surface area contributed by atoms with Crippen LogP contribution < -0.4 is 0 Å². The van der Waals surface area contributed by atoms with Crippen molar-refractivity contribution in [3.8, 4) is 0 Å². The van der Waals surface area contributed by atoms with Gasteiger partial charge in [-0.05, 0) is 39.2 Å². The summed E-state index contributed by atoms with van der Waals surface area (Å²) in [6, 6.07) is 9.82. The number of carbonyl (C=O) groups is 2. The fraction of sp³-hybridized carbons (Fsp3) is 0.467. The molecule has 0 aliphatic heterocycles. The zero-order chi connectivity index (χ0) is 13.5. The van der Waals surface area contributed by atoms with Crippen molar-refractivity contribution >= 4 is 11.8 Å². The van der Waals surface area contributed by atoms with Gasteiger partial charge in [-0.15, -0.1) is 0 Å². The van der Waals surface area contributed by atoms with Gasteiger partial charge >= 0.3 is 5.97 Å². The van der Waals surface area contributed by atoms with E-state index in [1.165, 1.54) is 6.92 Å². The number of aryl methyl sites for hydroxylation is 1. The van der Waals surface area contributed by atoms with Gasteiger partial charge in [-0.2, -0.15) is 0 Å². The number of hydrogen-bond donors (Lipinski definition) is 0. The van der Waals surface area contributed by atoms with Gasteiger partial charge in [0.25, 0.3) is 0 Å². The molecule has 0 aliphatic carbocycles. The van der Waals surface area contributed by atoms with Crippen molar-refractivity contribution in [2.24, 2.45) is 5.92 Å². The number of ether oxygens (including phenoxy) is 1. The Morgan fingerprint density at radius 1 is 1.17 bits per heavy atom. The first-order valence-electron chi connectivity index (χ1n) is 6.25. The van der Waals surface area contributed by atoms with Gasteiger partial charge in [0.05, 0.1) is 6.10 Å². The molecule has 0 bridgehead atoms. The minimum absolute atomic E-state index is 0.128. The molecule has 98 valence electrons. The van der Waals surface area contributed by atoms with Crippen LogP contribution in [-0.4, -0.2) is 17.9 Å². The van der Waals surface area contributed by atoms with Crippen molar-refractivity contribution < 1.29 is 14.3 Å². The van der Waals surface area contributed by atoms with E-state index in [2.05, 4.69) is 0 Å². The molecule has 0 radical (unpaired) electrons. The fourth-order valence-electron chi connectivity index (χ4n) is 1.76. The SMILES string of the molecule is CC(=O)C(CCc1ccccc1)C(=O)OC(C)C. The minimum Gasteiger partial charge on any atom is -0.462 e. The summed E-state index contributed by atoms with van der Waals surface area (Å²) in [6.07, 6.45) is 1.03. The Bertz CT molecular complexity index is 395. The van der Waals surface area contributed by atoms with E-state index in [0.29, 0.717) is 12.8 Å². The second-order valence-corrected chi connectivity index (χ2v) is 4.67. The monoisotopic (exact) mass is 248 g/mol. The van der Waals surface area contributed by atoms with E-state index in [1.807, 2.05) is 30.3 Å². The zero-order valence-electron chi connectivity index (χ0n) is 11.2. The van der Waals surface area contributed by atoms with Gasteiger partial charge in [0.1, 0.15) is 11.7 Å². The molecule has 3 nitrogen and oxygen atoms in total. The van der Waals surface area contributed by atoms with Gasteiger partial charge in [0.15, 0.2) is 0 Å². The lowest BCUT2D eigenvalue weighted by Crippen LogP contribution is -2.27. The molecule has 1 aromatic carbocycles. The molecular weight excluding hydrogens is 228 g/mol. The highest BCUT2D eigenvalue weighted by Gasteiger charge is 2.25. The largest absolute Gasteiger partial charge is 0.462 e. The van der Waals surface area contributed by atoms with Crippen LogP contribution in [0.15, 0.2) is 30.3 Å². The Balaban J connectivity index is 2.59. The molecule has 18 heavy (non-hydrogen) atoms. The summed E-state index contributed by atoms with van der Waals surface area (Å²) >= 11 is 0. The average Bonchev–Trinajstić information content (AvgIpc) is 2.29. The van der Waals surface area contributed by atoms with Crippen LogP contribution in [-0.2, 0) is 20.7 Å². The summed E-state index contributed by atoms with van der Waals surface area (Å²) in [7, 11) is 0. The number of esters is 1.